The molecule has 2 amide bonds. The lowest BCUT2D eigenvalue weighted by Gasteiger charge is -2.31. The molecule has 6 rings (SSSR count). The molecule has 2 aliphatic heterocycles. The van der Waals surface area contributed by atoms with Crippen LogP contribution in [0.15, 0.2) is 54.7 Å². The van der Waals surface area contributed by atoms with Crippen molar-refractivity contribution in [3.8, 4) is 39.5 Å². The van der Waals surface area contributed by atoms with Crippen LogP contribution in [0.25, 0.3) is 33.6 Å². The van der Waals surface area contributed by atoms with Crippen LogP contribution in [0, 0.1) is 5.41 Å². The topological polar surface area (TPSA) is 106 Å². The Balaban J connectivity index is 1.27. The first kappa shape index (κ1) is 38.8. The van der Waals surface area contributed by atoms with Gasteiger partial charge < -0.3 is 20.1 Å². The van der Waals surface area contributed by atoms with Crippen molar-refractivity contribution in [3.05, 3.63) is 86.5 Å². The van der Waals surface area contributed by atoms with Crippen LogP contribution in [0.4, 0.5) is 9.18 Å². The summed E-state index contributed by atoms with van der Waals surface area (Å²) in [5, 5.41) is 7.12. The van der Waals surface area contributed by atoms with E-state index < -0.39 is 17.6 Å². The van der Waals surface area contributed by atoms with Crippen LogP contribution in [-0.4, -0.2) is 66.3 Å². The van der Waals surface area contributed by atoms with Gasteiger partial charge in [0.1, 0.15) is 6.10 Å². The second-order valence-corrected chi connectivity index (χ2v) is 15.6. The van der Waals surface area contributed by atoms with Crippen molar-refractivity contribution >= 4 is 46.8 Å². The van der Waals surface area contributed by atoms with E-state index in [0.29, 0.717) is 86.9 Å². The lowest BCUT2D eigenvalue weighted by molar-refractivity contribution is -0.119. The Morgan fingerprint density at radius 2 is 1.85 bits per heavy atom. The molecule has 2 N–H and O–H groups in total. The average molecular weight is 783 g/mol. The number of nitrogens with zero attached hydrogens (tertiary/aromatic N) is 3. The molecule has 2 aromatic heterocycles. The van der Waals surface area contributed by atoms with Gasteiger partial charge in [0.15, 0.2) is 0 Å². The maximum Gasteiger partial charge on any atom is 0.407 e. The Bertz CT molecular complexity index is 2010. The van der Waals surface area contributed by atoms with Gasteiger partial charge in [-0.05, 0) is 60.7 Å². The number of pyridine rings is 2. The summed E-state index contributed by atoms with van der Waals surface area (Å²) >= 11 is 21.1. The zero-order chi connectivity index (χ0) is 37.9. The van der Waals surface area contributed by atoms with E-state index in [1.165, 1.54) is 7.11 Å². The molecule has 0 aliphatic carbocycles. The second-order valence-electron chi connectivity index (χ2n) is 14.5. The molecule has 0 saturated carbocycles. The quantitative estimate of drug-likeness (QED) is 0.156. The number of alkyl halides is 1. The molecule has 13 heteroatoms. The summed E-state index contributed by atoms with van der Waals surface area (Å²) in [6, 6.07) is 15.0. The van der Waals surface area contributed by atoms with Gasteiger partial charge in [-0.2, -0.15) is 0 Å². The Morgan fingerprint density at radius 3 is 2.57 bits per heavy atom. The van der Waals surface area contributed by atoms with Crippen LogP contribution in [0.3, 0.4) is 0 Å². The first-order valence-electron chi connectivity index (χ1n) is 17.7. The van der Waals surface area contributed by atoms with E-state index in [0.717, 1.165) is 29.7 Å². The fourth-order valence-electron chi connectivity index (χ4n) is 6.93. The standard InChI is InChI=1S/C40H43Cl3FN5O4/c1-40(2,3)37(53-39(51)46-21-25-9-12-33(50)47-25)29-10-11-32(48-38(29)52-4)28-8-5-7-26(34(28)42)27-13-16-45-36(35(27)43)24-19-23-14-18-49(17-6-15-44)22-30(23)31(41)20-24/h5,7-8,10-11,13,16,19-20,25,37H,6,9,12,14-15,17-18,21-22H2,1-4H3,(H,46,51)(H,47,50)/t25?,37-/m1/s1. The minimum atomic E-state index is -0.703. The van der Waals surface area contributed by atoms with Crippen molar-refractivity contribution in [1.82, 2.24) is 25.5 Å². The Labute approximate surface area is 324 Å². The summed E-state index contributed by atoms with van der Waals surface area (Å²) in [6.07, 6.45) is 2.81. The van der Waals surface area contributed by atoms with E-state index in [2.05, 4.69) is 26.6 Å². The fraction of sp³-hybridized carbons (Fsp3) is 0.400. The molecule has 4 aromatic rings. The van der Waals surface area contributed by atoms with Crippen molar-refractivity contribution in [2.45, 2.75) is 65.1 Å². The summed E-state index contributed by atoms with van der Waals surface area (Å²) in [4.78, 5) is 36.2. The Kier molecular flexibility index (Phi) is 12.1. The van der Waals surface area contributed by atoms with E-state index in [1.54, 1.807) is 6.20 Å². The summed E-state index contributed by atoms with van der Waals surface area (Å²) in [5.74, 6) is 0.267. The number of carbonyl (C=O) groups is 2. The molecule has 0 bridgehead atoms. The summed E-state index contributed by atoms with van der Waals surface area (Å²) in [5.41, 5.74) is 6.27. The number of rotatable bonds is 11. The van der Waals surface area contributed by atoms with Gasteiger partial charge in [0.05, 0.1) is 40.8 Å². The van der Waals surface area contributed by atoms with Gasteiger partial charge in [-0.25, -0.2) is 9.78 Å². The maximum atomic E-state index is 12.9. The van der Waals surface area contributed by atoms with Crippen LogP contribution in [-0.2, 0) is 22.5 Å². The van der Waals surface area contributed by atoms with Crippen LogP contribution in [0.5, 0.6) is 5.88 Å². The number of aromatic nitrogens is 2. The van der Waals surface area contributed by atoms with Crippen molar-refractivity contribution in [1.29, 1.82) is 0 Å². The summed E-state index contributed by atoms with van der Waals surface area (Å²) in [7, 11) is 1.52. The van der Waals surface area contributed by atoms with Gasteiger partial charge in [0.2, 0.25) is 11.8 Å². The van der Waals surface area contributed by atoms with Gasteiger partial charge in [0, 0.05) is 77.5 Å². The zero-order valence-corrected chi connectivity index (χ0v) is 32.5. The lowest BCUT2D eigenvalue weighted by atomic mass is 9.84. The van der Waals surface area contributed by atoms with Crippen molar-refractivity contribution in [2.75, 3.05) is 33.4 Å². The highest BCUT2D eigenvalue weighted by molar-refractivity contribution is 6.39. The maximum absolute atomic E-state index is 12.9. The SMILES string of the molecule is COc1nc(-c2cccc(-c3ccnc(-c4cc(Cl)c5c(c4)CCN(CCCF)C5)c3Cl)c2Cl)ccc1[C@@H](OC(=O)NCC1CCC(=O)N1)C(C)(C)C. The van der Waals surface area contributed by atoms with Crippen LogP contribution >= 0.6 is 34.8 Å². The van der Waals surface area contributed by atoms with Crippen LogP contribution in [0.2, 0.25) is 15.1 Å². The molecular weight excluding hydrogens is 740 g/mol. The van der Waals surface area contributed by atoms with Crippen molar-refractivity contribution in [2.24, 2.45) is 5.41 Å². The summed E-state index contributed by atoms with van der Waals surface area (Å²) in [6.45, 7) is 8.04. The lowest BCUT2D eigenvalue weighted by Crippen LogP contribution is -2.40. The van der Waals surface area contributed by atoms with Gasteiger partial charge in [-0.3, -0.25) is 19.1 Å². The van der Waals surface area contributed by atoms with E-state index in [9.17, 15) is 14.0 Å². The van der Waals surface area contributed by atoms with E-state index in [4.69, 9.17) is 49.3 Å². The number of methoxy groups -OCH3 is 1. The number of hydrogen-bond donors (Lipinski definition) is 2. The number of nitrogens with one attached hydrogen (secondary N) is 2. The monoisotopic (exact) mass is 781 g/mol. The van der Waals surface area contributed by atoms with Gasteiger partial charge in [-0.1, -0.05) is 73.8 Å². The first-order chi connectivity index (χ1) is 25.4. The number of hydrogen-bond acceptors (Lipinski definition) is 7. The number of ether oxygens (including phenoxy) is 2. The molecule has 4 heterocycles. The van der Waals surface area contributed by atoms with Crippen LogP contribution < -0.4 is 15.4 Å². The number of carbonyl (C=O) groups excluding carboxylic acids is 2. The van der Waals surface area contributed by atoms with Gasteiger partial charge in [0.25, 0.3) is 0 Å². The molecular formula is C40H43Cl3FN5O4. The molecule has 2 aliphatic rings. The minimum absolute atomic E-state index is 0.0236. The third kappa shape index (κ3) is 8.72. The zero-order valence-electron chi connectivity index (χ0n) is 30.2. The first-order valence-corrected chi connectivity index (χ1v) is 18.8. The molecule has 2 aromatic carbocycles. The highest BCUT2D eigenvalue weighted by Crippen LogP contribution is 2.44. The van der Waals surface area contributed by atoms with E-state index in [1.807, 2.05) is 63.2 Å². The predicted octanol–water partition coefficient (Wildman–Crippen LogP) is 9.26. The Hall–Kier alpha value is -3.96. The number of halogens is 4. The van der Waals surface area contributed by atoms with Crippen molar-refractivity contribution in [3.63, 3.8) is 0 Å². The molecule has 2 atom stereocenters. The predicted molar refractivity (Wildman–Crippen MR) is 207 cm³/mol. The van der Waals surface area contributed by atoms with Gasteiger partial charge in [-0.15, -0.1) is 0 Å². The highest BCUT2D eigenvalue weighted by atomic mass is 35.5. The molecule has 1 fully saturated rings. The van der Waals surface area contributed by atoms with Gasteiger partial charge >= 0.3 is 6.09 Å². The molecule has 9 nitrogen and oxygen atoms in total. The molecule has 280 valence electrons. The average Bonchev–Trinajstić information content (AvgIpc) is 3.56. The molecule has 1 unspecified atom stereocenters. The number of fused-ring (bicyclic) bond motifs is 1. The molecule has 0 spiro atoms. The molecule has 1 saturated heterocycles. The van der Waals surface area contributed by atoms with E-state index >= 15 is 0 Å². The fourth-order valence-corrected chi connectivity index (χ4v) is 7.88. The van der Waals surface area contributed by atoms with E-state index in [-0.39, 0.29) is 25.2 Å². The minimum Gasteiger partial charge on any atom is -0.481 e. The number of benzene rings is 2. The second kappa shape index (κ2) is 16.6. The third-order valence-electron chi connectivity index (χ3n) is 9.66. The molecule has 53 heavy (non-hydrogen) atoms. The van der Waals surface area contributed by atoms with Crippen LogP contribution in [0.1, 0.15) is 62.8 Å². The largest absolute Gasteiger partial charge is 0.481 e. The normalized spacial score (nSPS) is 16.5. The summed E-state index contributed by atoms with van der Waals surface area (Å²) < 4.78 is 24.5. The molecule has 0 radical (unpaired) electrons. The highest BCUT2D eigenvalue weighted by Gasteiger charge is 2.34. The van der Waals surface area contributed by atoms with Crippen molar-refractivity contribution < 1.29 is 23.5 Å². The Morgan fingerprint density at radius 1 is 1.08 bits per heavy atom. The number of alkyl carbamates (subject to hydrolysis) is 1. The smallest absolute Gasteiger partial charge is 0.407 e. The number of amides is 2. The third-order valence-corrected chi connectivity index (χ3v) is 10.8.